The predicted molar refractivity (Wildman–Crippen MR) is 106 cm³/mol. The molecule has 10 heteroatoms. The normalized spacial score (nSPS) is 11.4. The lowest BCUT2D eigenvalue weighted by Crippen LogP contribution is -2.25. The minimum Gasteiger partial charge on any atom is -0.426 e. The zero-order valence-corrected chi connectivity index (χ0v) is 16.6. The molecule has 0 saturated heterocycles. The van der Waals surface area contributed by atoms with Crippen molar-refractivity contribution in [2.45, 2.75) is 26.3 Å². The Labute approximate surface area is 175 Å². The molecule has 0 aliphatic rings. The summed E-state index contributed by atoms with van der Waals surface area (Å²) in [5.41, 5.74) is 1.54. The molecule has 0 aliphatic carbocycles. The maximum absolute atomic E-state index is 12.5. The number of alkyl halides is 3. The van der Waals surface area contributed by atoms with Gasteiger partial charge in [-0.25, -0.2) is 0 Å². The molecule has 0 amide bonds. The van der Waals surface area contributed by atoms with Gasteiger partial charge in [0.1, 0.15) is 5.75 Å². The van der Waals surface area contributed by atoms with Crippen molar-refractivity contribution in [2.75, 3.05) is 11.4 Å². The number of aromatic nitrogens is 1. The molecule has 3 rings (SSSR count). The lowest BCUT2D eigenvalue weighted by molar-refractivity contribution is -0.274. The maximum Gasteiger partial charge on any atom is 0.573 e. The van der Waals surface area contributed by atoms with Gasteiger partial charge in [-0.2, -0.15) is 4.98 Å². The Morgan fingerprint density at radius 3 is 2.53 bits per heavy atom. The van der Waals surface area contributed by atoms with Crippen molar-refractivity contribution in [3.05, 3.63) is 75.3 Å². The highest BCUT2D eigenvalue weighted by atomic mass is 35.5. The number of anilines is 1. The molecule has 0 radical (unpaired) electrons. The fourth-order valence-electron chi connectivity index (χ4n) is 2.81. The van der Waals surface area contributed by atoms with Crippen LogP contribution in [0.5, 0.6) is 5.75 Å². The fourth-order valence-corrected chi connectivity index (χ4v) is 2.94. The Bertz CT molecular complexity index is 1010. The molecular weight excluding hydrogens is 423 g/mol. The minimum absolute atomic E-state index is 0.0735. The lowest BCUT2D eigenvalue weighted by Gasteiger charge is -2.21. The van der Waals surface area contributed by atoms with Crippen LogP contribution in [0.15, 0.2) is 58.1 Å². The van der Waals surface area contributed by atoms with E-state index in [2.05, 4.69) is 14.9 Å². The summed E-state index contributed by atoms with van der Waals surface area (Å²) in [6.45, 7) is 2.16. The van der Waals surface area contributed by atoms with Gasteiger partial charge in [-0.1, -0.05) is 35.9 Å². The molecule has 0 spiro atoms. The smallest absolute Gasteiger partial charge is 0.426 e. The molecule has 0 bridgehead atoms. The van der Waals surface area contributed by atoms with Gasteiger partial charge in [-0.3, -0.25) is 0 Å². The van der Waals surface area contributed by atoms with Crippen LogP contribution >= 0.6 is 11.6 Å². The van der Waals surface area contributed by atoms with Crippen LogP contribution in [0, 0.1) is 11.8 Å². The number of hydrogen-bond donors (Lipinski definition) is 0. The molecule has 0 N–H and O–H groups in total. The van der Waals surface area contributed by atoms with Crippen LogP contribution in [0.2, 0.25) is 5.02 Å². The number of benzene rings is 2. The highest BCUT2D eigenvalue weighted by molar-refractivity contribution is 6.30. The second-order valence-electron chi connectivity index (χ2n) is 6.46. The molecule has 30 heavy (non-hydrogen) atoms. The second-order valence-corrected chi connectivity index (χ2v) is 6.90. The third-order valence-corrected chi connectivity index (χ3v) is 4.46. The first-order chi connectivity index (χ1) is 14.2. The molecule has 0 atom stereocenters. The average Bonchev–Trinajstić information content (AvgIpc) is 3.06. The van der Waals surface area contributed by atoms with Gasteiger partial charge in [0.05, 0.1) is 0 Å². The van der Waals surface area contributed by atoms with Crippen LogP contribution in [-0.4, -0.2) is 17.9 Å². The Morgan fingerprint density at radius 1 is 1.17 bits per heavy atom. The van der Waals surface area contributed by atoms with E-state index >= 15 is 0 Å². The number of oxazole rings is 1. The Morgan fingerprint density at radius 2 is 1.90 bits per heavy atom. The third-order valence-electron chi connectivity index (χ3n) is 4.21. The number of ether oxygens (including phenoxy) is 1. The van der Waals surface area contributed by atoms with Gasteiger partial charge in [0.25, 0.3) is 6.01 Å². The molecule has 6 nitrogen and oxygen atoms in total. The topological polar surface area (TPSA) is 67.9 Å². The van der Waals surface area contributed by atoms with Crippen molar-refractivity contribution < 1.29 is 22.3 Å². The summed E-state index contributed by atoms with van der Waals surface area (Å²) in [5, 5.41) is 3.43. The molecule has 3 aromatic rings. The Hall–Kier alpha value is -3.07. The maximum atomic E-state index is 12.5. The lowest BCUT2D eigenvalue weighted by atomic mass is 10.1. The van der Waals surface area contributed by atoms with Crippen LogP contribution in [0.3, 0.4) is 0 Å². The standard InChI is InChI=1S/C20H17ClF3N3O3/c1-13-18(26-28)25-19(29-13)27(10-9-14-5-7-16(21)8-6-14)12-15-3-2-4-17(11-15)30-20(22,23)24/h2-8,11H,9-10,12H2,1H3. The Balaban J connectivity index is 1.82. The van der Waals surface area contributed by atoms with E-state index in [1.807, 2.05) is 12.1 Å². The molecular formula is C20H17ClF3N3O3. The summed E-state index contributed by atoms with van der Waals surface area (Å²) in [4.78, 5) is 16.7. The second kappa shape index (κ2) is 9.17. The largest absolute Gasteiger partial charge is 0.573 e. The summed E-state index contributed by atoms with van der Waals surface area (Å²) >= 11 is 5.91. The van der Waals surface area contributed by atoms with E-state index in [-0.39, 0.29) is 29.9 Å². The van der Waals surface area contributed by atoms with E-state index < -0.39 is 6.36 Å². The van der Waals surface area contributed by atoms with Gasteiger partial charge in [-0.15, -0.1) is 18.1 Å². The van der Waals surface area contributed by atoms with Gasteiger partial charge < -0.3 is 14.1 Å². The average molecular weight is 440 g/mol. The van der Waals surface area contributed by atoms with E-state index in [1.165, 1.54) is 18.2 Å². The molecule has 1 heterocycles. The highest BCUT2D eigenvalue weighted by Gasteiger charge is 2.31. The molecule has 2 aromatic carbocycles. The molecule has 0 aliphatic heterocycles. The molecule has 158 valence electrons. The van der Waals surface area contributed by atoms with Crippen molar-refractivity contribution in [1.29, 1.82) is 0 Å². The summed E-state index contributed by atoms with van der Waals surface area (Å²) < 4.78 is 47.1. The molecule has 0 fully saturated rings. The predicted octanol–water partition coefficient (Wildman–Crippen LogP) is 6.18. The SMILES string of the molecule is Cc1oc(N(CCc2ccc(Cl)cc2)Cc2cccc(OC(F)(F)F)c2)nc1N=O. The summed E-state index contributed by atoms with van der Waals surface area (Å²) in [6, 6.07) is 13.1. The monoisotopic (exact) mass is 439 g/mol. The number of halogens is 4. The number of aryl methyl sites for hydroxylation is 1. The van der Waals surface area contributed by atoms with Gasteiger partial charge in [-0.05, 0) is 53.9 Å². The molecule has 0 unspecified atom stereocenters. The van der Waals surface area contributed by atoms with Gasteiger partial charge in [0, 0.05) is 18.1 Å². The van der Waals surface area contributed by atoms with Crippen LogP contribution in [0.1, 0.15) is 16.9 Å². The van der Waals surface area contributed by atoms with Crippen molar-refractivity contribution in [3.8, 4) is 5.75 Å². The highest BCUT2D eigenvalue weighted by Crippen LogP contribution is 2.28. The van der Waals surface area contributed by atoms with Crippen LogP contribution < -0.4 is 9.64 Å². The Kier molecular flexibility index (Phi) is 6.61. The first kappa shape index (κ1) is 21.6. The summed E-state index contributed by atoms with van der Waals surface area (Å²) in [5.74, 6) is -0.141. The molecule has 0 saturated carbocycles. The van der Waals surface area contributed by atoms with Gasteiger partial charge in [0.15, 0.2) is 5.76 Å². The van der Waals surface area contributed by atoms with Crippen molar-refractivity contribution in [2.24, 2.45) is 5.18 Å². The fraction of sp³-hybridized carbons (Fsp3) is 0.250. The van der Waals surface area contributed by atoms with Crippen molar-refractivity contribution in [1.82, 2.24) is 4.98 Å². The van der Waals surface area contributed by atoms with Crippen LogP contribution in [0.25, 0.3) is 0 Å². The third kappa shape index (κ3) is 5.96. The van der Waals surface area contributed by atoms with E-state index in [0.29, 0.717) is 23.6 Å². The number of rotatable bonds is 8. The van der Waals surface area contributed by atoms with E-state index in [9.17, 15) is 18.1 Å². The van der Waals surface area contributed by atoms with Gasteiger partial charge in [0.2, 0.25) is 5.82 Å². The van der Waals surface area contributed by atoms with E-state index in [0.717, 1.165) is 5.56 Å². The minimum atomic E-state index is -4.78. The number of nitroso groups, excluding NO2 is 1. The summed E-state index contributed by atoms with van der Waals surface area (Å²) in [6.07, 6.45) is -4.20. The first-order valence-corrected chi connectivity index (χ1v) is 9.26. The van der Waals surface area contributed by atoms with E-state index in [1.54, 1.807) is 30.0 Å². The van der Waals surface area contributed by atoms with Crippen LogP contribution in [-0.2, 0) is 13.0 Å². The first-order valence-electron chi connectivity index (χ1n) is 8.88. The van der Waals surface area contributed by atoms with Crippen molar-refractivity contribution in [3.63, 3.8) is 0 Å². The quantitative estimate of drug-likeness (QED) is 0.392. The summed E-state index contributed by atoms with van der Waals surface area (Å²) in [7, 11) is 0. The van der Waals surface area contributed by atoms with E-state index in [4.69, 9.17) is 16.0 Å². The van der Waals surface area contributed by atoms with Crippen LogP contribution in [0.4, 0.5) is 25.0 Å². The molecule has 1 aromatic heterocycles. The van der Waals surface area contributed by atoms with Crippen molar-refractivity contribution >= 4 is 23.4 Å². The van der Waals surface area contributed by atoms with Gasteiger partial charge >= 0.3 is 6.36 Å². The zero-order valence-electron chi connectivity index (χ0n) is 15.8. The number of hydrogen-bond acceptors (Lipinski definition) is 6. The number of nitrogens with zero attached hydrogens (tertiary/aromatic N) is 3. The zero-order chi connectivity index (χ0) is 21.7.